The van der Waals surface area contributed by atoms with E-state index in [0.29, 0.717) is 25.3 Å². The van der Waals surface area contributed by atoms with Gasteiger partial charge in [0.2, 0.25) is 0 Å². The molecule has 1 aliphatic carbocycles. The molecule has 0 atom stereocenters. The average molecular weight is 443 g/mol. The number of aromatic nitrogens is 3. The fourth-order valence-electron chi connectivity index (χ4n) is 4.74. The molecule has 2 aromatic carbocycles. The molecule has 0 radical (unpaired) electrons. The van der Waals surface area contributed by atoms with Gasteiger partial charge in [0.15, 0.2) is 0 Å². The Bertz CT molecular complexity index is 1310. The van der Waals surface area contributed by atoms with Crippen molar-refractivity contribution in [1.82, 2.24) is 14.5 Å². The first-order valence-electron chi connectivity index (χ1n) is 11.2. The summed E-state index contributed by atoms with van der Waals surface area (Å²) in [6.07, 6.45) is 3.42. The summed E-state index contributed by atoms with van der Waals surface area (Å²) in [6, 6.07) is 18.1. The molecule has 2 aromatic heterocycles. The number of hydrogen-bond acceptors (Lipinski definition) is 5. The van der Waals surface area contributed by atoms with E-state index in [1.807, 2.05) is 54.6 Å². The number of ether oxygens (including phenoxy) is 1. The number of fused-ring (bicyclic) bond motifs is 1. The van der Waals surface area contributed by atoms with Crippen molar-refractivity contribution in [2.24, 2.45) is 5.92 Å². The summed E-state index contributed by atoms with van der Waals surface area (Å²) in [6.45, 7) is 2.58. The van der Waals surface area contributed by atoms with Gasteiger partial charge in [0.25, 0.3) is 0 Å². The standard InChI is InChI=1S/C26H26N4O3/c1-2-21-22(17-9-6-10-20(13-17)33-14-16-7-4-3-5-8-16)23-24(27)28-15-29-25(23)30(21)19-11-18(12-19)26(31)32/h3-10,13,15,18-19H,2,11-12,14H2,1H3,(H,31,32)(H2,27,28,29)/t18-,19-. The number of nitrogen functional groups attached to an aromatic ring is 1. The van der Waals surface area contributed by atoms with E-state index in [2.05, 4.69) is 21.5 Å². The number of carbonyl (C=O) groups is 1. The summed E-state index contributed by atoms with van der Waals surface area (Å²) in [7, 11) is 0. The maximum atomic E-state index is 11.4. The molecule has 33 heavy (non-hydrogen) atoms. The lowest BCUT2D eigenvalue weighted by Gasteiger charge is -2.35. The molecule has 7 nitrogen and oxygen atoms in total. The number of carboxylic acids is 1. The first-order chi connectivity index (χ1) is 16.1. The SMILES string of the molecule is CCc1c(-c2cccc(OCc3ccccc3)c2)c2c(N)ncnc2n1[C@H]1C[C@H](C(=O)O)C1. The highest BCUT2D eigenvalue weighted by Gasteiger charge is 2.38. The number of hydrogen-bond donors (Lipinski definition) is 2. The van der Waals surface area contributed by atoms with Crippen LogP contribution in [0.3, 0.4) is 0 Å². The van der Waals surface area contributed by atoms with Gasteiger partial charge in [-0.2, -0.15) is 0 Å². The molecular weight excluding hydrogens is 416 g/mol. The van der Waals surface area contributed by atoms with Crippen molar-refractivity contribution < 1.29 is 14.6 Å². The quantitative estimate of drug-likeness (QED) is 0.424. The molecule has 168 valence electrons. The van der Waals surface area contributed by atoms with E-state index in [4.69, 9.17) is 10.5 Å². The summed E-state index contributed by atoms with van der Waals surface area (Å²) < 4.78 is 8.24. The zero-order valence-corrected chi connectivity index (χ0v) is 18.4. The van der Waals surface area contributed by atoms with Gasteiger partial charge in [-0.05, 0) is 42.5 Å². The van der Waals surface area contributed by atoms with Crippen molar-refractivity contribution in [1.29, 1.82) is 0 Å². The number of nitrogens with two attached hydrogens (primary N) is 1. The molecule has 5 rings (SSSR count). The normalized spacial score (nSPS) is 17.6. The van der Waals surface area contributed by atoms with Crippen LogP contribution in [0.4, 0.5) is 5.82 Å². The summed E-state index contributed by atoms with van der Waals surface area (Å²) in [5, 5.41) is 10.2. The zero-order valence-electron chi connectivity index (χ0n) is 18.4. The monoisotopic (exact) mass is 442 g/mol. The Morgan fingerprint density at radius 1 is 1.15 bits per heavy atom. The smallest absolute Gasteiger partial charge is 0.306 e. The second kappa shape index (κ2) is 8.58. The van der Waals surface area contributed by atoms with Gasteiger partial charge in [-0.1, -0.05) is 49.4 Å². The molecule has 2 heterocycles. The van der Waals surface area contributed by atoms with Crippen LogP contribution in [-0.4, -0.2) is 25.6 Å². The lowest BCUT2D eigenvalue weighted by Crippen LogP contribution is -2.33. The molecule has 0 unspecified atom stereocenters. The van der Waals surface area contributed by atoms with E-state index < -0.39 is 5.97 Å². The van der Waals surface area contributed by atoms with E-state index in [-0.39, 0.29) is 12.0 Å². The van der Waals surface area contributed by atoms with Gasteiger partial charge in [-0.25, -0.2) is 9.97 Å². The molecule has 1 fully saturated rings. The third kappa shape index (κ3) is 3.80. The number of nitrogens with zero attached hydrogens (tertiary/aromatic N) is 3. The predicted octanol–water partition coefficient (Wildman–Crippen LogP) is 4.86. The number of benzene rings is 2. The van der Waals surface area contributed by atoms with Crippen LogP contribution in [0.1, 0.15) is 37.1 Å². The molecule has 4 aromatic rings. The molecular formula is C26H26N4O3. The summed E-state index contributed by atoms with van der Waals surface area (Å²) in [5.74, 6) is 0.144. The number of rotatable bonds is 7. The van der Waals surface area contributed by atoms with Crippen LogP contribution in [0.15, 0.2) is 60.9 Å². The Hall–Kier alpha value is -3.87. The first kappa shape index (κ1) is 21.0. The van der Waals surface area contributed by atoms with Gasteiger partial charge < -0.3 is 20.1 Å². The fourth-order valence-corrected chi connectivity index (χ4v) is 4.74. The molecule has 3 N–H and O–H groups in total. The highest BCUT2D eigenvalue weighted by molar-refractivity contribution is 6.02. The van der Waals surface area contributed by atoms with Crippen molar-refractivity contribution in [3.05, 3.63) is 72.2 Å². The number of anilines is 1. The molecule has 0 saturated heterocycles. The number of carboxylic acid groups (broad SMARTS) is 1. The Morgan fingerprint density at radius 2 is 1.94 bits per heavy atom. The highest BCUT2D eigenvalue weighted by Crippen LogP contribution is 2.45. The van der Waals surface area contributed by atoms with Crippen molar-refractivity contribution >= 4 is 22.8 Å². The van der Waals surface area contributed by atoms with Crippen LogP contribution in [0, 0.1) is 5.92 Å². The van der Waals surface area contributed by atoms with Gasteiger partial charge in [0.05, 0.1) is 11.3 Å². The minimum atomic E-state index is -0.738. The average Bonchev–Trinajstić information content (AvgIpc) is 3.13. The Labute approximate surface area is 191 Å². The van der Waals surface area contributed by atoms with Crippen molar-refractivity contribution in [3.8, 4) is 16.9 Å². The summed E-state index contributed by atoms with van der Waals surface area (Å²) in [5.41, 5.74) is 11.3. The van der Waals surface area contributed by atoms with Crippen molar-refractivity contribution in [3.63, 3.8) is 0 Å². The lowest BCUT2D eigenvalue weighted by molar-refractivity contribution is -0.145. The largest absolute Gasteiger partial charge is 0.489 e. The van der Waals surface area contributed by atoms with Gasteiger partial charge in [0, 0.05) is 17.3 Å². The Morgan fingerprint density at radius 3 is 2.67 bits per heavy atom. The molecule has 1 aliphatic rings. The van der Waals surface area contributed by atoms with Crippen molar-refractivity contribution in [2.45, 2.75) is 38.8 Å². The van der Waals surface area contributed by atoms with Gasteiger partial charge in [0.1, 0.15) is 30.1 Å². The molecule has 0 bridgehead atoms. The van der Waals surface area contributed by atoms with Crippen LogP contribution in [0.5, 0.6) is 5.75 Å². The third-order valence-corrected chi connectivity index (χ3v) is 6.45. The highest BCUT2D eigenvalue weighted by atomic mass is 16.5. The summed E-state index contributed by atoms with van der Waals surface area (Å²) >= 11 is 0. The second-order valence-corrected chi connectivity index (χ2v) is 8.47. The van der Waals surface area contributed by atoms with Crippen LogP contribution < -0.4 is 10.5 Å². The first-order valence-corrected chi connectivity index (χ1v) is 11.2. The van der Waals surface area contributed by atoms with Gasteiger partial charge in [-0.15, -0.1) is 0 Å². The molecule has 0 amide bonds. The molecule has 7 heteroatoms. The van der Waals surface area contributed by atoms with Crippen LogP contribution >= 0.6 is 0 Å². The van der Waals surface area contributed by atoms with Crippen LogP contribution in [-0.2, 0) is 17.8 Å². The maximum Gasteiger partial charge on any atom is 0.306 e. The van der Waals surface area contributed by atoms with E-state index in [0.717, 1.165) is 45.6 Å². The van der Waals surface area contributed by atoms with E-state index >= 15 is 0 Å². The van der Waals surface area contributed by atoms with E-state index in [1.54, 1.807) is 0 Å². The van der Waals surface area contributed by atoms with Gasteiger partial charge in [-0.3, -0.25) is 4.79 Å². The molecule has 0 aliphatic heterocycles. The predicted molar refractivity (Wildman–Crippen MR) is 127 cm³/mol. The third-order valence-electron chi connectivity index (χ3n) is 6.45. The summed E-state index contributed by atoms with van der Waals surface area (Å²) in [4.78, 5) is 20.2. The second-order valence-electron chi connectivity index (χ2n) is 8.47. The maximum absolute atomic E-state index is 11.4. The minimum absolute atomic E-state index is 0.0871. The van der Waals surface area contributed by atoms with Crippen molar-refractivity contribution in [2.75, 3.05) is 5.73 Å². The Kier molecular flexibility index (Phi) is 5.46. The molecule has 0 spiro atoms. The topological polar surface area (TPSA) is 103 Å². The Balaban J connectivity index is 1.56. The fraction of sp³-hybridized carbons (Fsp3) is 0.269. The number of aliphatic carboxylic acids is 1. The minimum Gasteiger partial charge on any atom is -0.489 e. The zero-order chi connectivity index (χ0) is 22.9. The van der Waals surface area contributed by atoms with Gasteiger partial charge >= 0.3 is 5.97 Å². The van der Waals surface area contributed by atoms with Crippen LogP contribution in [0.25, 0.3) is 22.2 Å². The van der Waals surface area contributed by atoms with E-state index in [1.165, 1.54) is 6.33 Å². The molecule has 1 saturated carbocycles. The van der Waals surface area contributed by atoms with E-state index in [9.17, 15) is 9.90 Å². The van der Waals surface area contributed by atoms with Crippen LogP contribution in [0.2, 0.25) is 0 Å². The lowest BCUT2D eigenvalue weighted by atomic mass is 9.80.